The van der Waals surface area contributed by atoms with Crippen LogP contribution in [0.4, 0.5) is 5.82 Å². The van der Waals surface area contributed by atoms with Gasteiger partial charge >= 0.3 is 0 Å². The summed E-state index contributed by atoms with van der Waals surface area (Å²) in [6.45, 7) is 1.99. The van der Waals surface area contributed by atoms with Gasteiger partial charge in [0.1, 0.15) is 5.82 Å². The first-order valence-electron chi connectivity index (χ1n) is 6.79. The largest absolute Gasteiger partial charge is 0.409 e. The Morgan fingerprint density at radius 3 is 2.75 bits per heavy atom. The Morgan fingerprint density at radius 1 is 1.50 bits per heavy atom. The summed E-state index contributed by atoms with van der Waals surface area (Å²) in [5.41, 5.74) is 5.65. The SMILES string of the molecule is Cn1ncc(C(N)=NO)c1NC(=O)C1(C)CCCCC1. The van der Waals surface area contributed by atoms with Crippen molar-refractivity contribution in [3.63, 3.8) is 0 Å². The van der Waals surface area contributed by atoms with Crippen molar-refractivity contribution in [3.8, 4) is 0 Å². The van der Waals surface area contributed by atoms with Gasteiger partial charge in [-0.3, -0.25) is 9.48 Å². The maximum Gasteiger partial charge on any atom is 0.231 e. The molecule has 0 unspecified atom stereocenters. The summed E-state index contributed by atoms with van der Waals surface area (Å²) in [5, 5.41) is 18.6. The molecule has 7 nitrogen and oxygen atoms in total. The number of anilines is 1. The fraction of sp³-hybridized carbons (Fsp3) is 0.615. The Morgan fingerprint density at radius 2 is 2.15 bits per heavy atom. The van der Waals surface area contributed by atoms with Crippen LogP contribution in [-0.4, -0.2) is 26.7 Å². The van der Waals surface area contributed by atoms with Crippen LogP contribution in [0.5, 0.6) is 0 Å². The van der Waals surface area contributed by atoms with E-state index in [0.29, 0.717) is 11.4 Å². The number of carbonyl (C=O) groups is 1. The third kappa shape index (κ3) is 2.61. The number of aryl methyl sites for hydroxylation is 1. The Labute approximate surface area is 117 Å². The monoisotopic (exact) mass is 279 g/mol. The first-order valence-corrected chi connectivity index (χ1v) is 6.79. The number of aromatic nitrogens is 2. The lowest BCUT2D eigenvalue weighted by molar-refractivity contribution is -0.126. The van der Waals surface area contributed by atoms with E-state index in [0.717, 1.165) is 25.7 Å². The minimum atomic E-state index is -0.356. The molecular formula is C13H21N5O2. The van der Waals surface area contributed by atoms with Crippen LogP contribution in [0.1, 0.15) is 44.6 Å². The van der Waals surface area contributed by atoms with Crippen molar-refractivity contribution in [3.05, 3.63) is 11.8 Å². The van der Waals surface area contributed by atoms with Crippen LogP contribution < -0.4 is 11.1 Å². The molecule has 0 radical (unpaired) electrons. The normalized spacial score (nSPS) is 18.8. The lowest BCUT2D eigenvalue weighted by Gasteiger charge is -2.32. The highest BCUT2D eigenvalue weighted by atomic mass is 16.4. The van der Waals surface area contributed by atoms with Crippen LogP contribution in [0.25, 0.3) is 0 Å². The van der Waals surface area contributed by atoms with E-state index in [4.69, 9.17) is 10.9 Å². The summed E-state index contributed by atoms with van der Waals surface area (Å²) in [7, 11) is 1.70. The van der Waals surface area contributed by atoms with Crippen LogP contribution in [0.3, 0.4) is 0 Å². The van der Waals surface area contributed by atoms with E-state index in [1.54, 1.807) is 7.05 Å². The molecule has 1 fully saturated rings. The predicted octanol–water partition coefficient (Wildman–Crippen LogP) is 1.42. The molecule has 0 spiro atoms. The van der Waals surface area contributed by atoms with Gasteiger partial charge in [-0.1, -0.05) is 31.3 Å². The molecule has 0 atom stereocenters. The van der Waals surface area contributed by atoms with E-state index in [1.165, 1.54) is 17.3 Å². The van der Waals surface area contributed by atoms with Crippen LogP contribution in [0, 0.1) is 5.41 Å². The second kappa shape index (κ2) is 5.52. The number of nitrogens with two attached hydrogens (primary N) is 1. The maximum absolute atomic E-state index is 12.5. The molecule has 0 saturated heterocycles. The highest BCUT2D eigenvalue weighted by Crippen LogP contribution is 2.36. The van der Waals surface area contributed by atoms with Gasteiger partial charge in [-0.15, -0.1) is 0 Å². The van der Waals surface area contributed by atoms with Gasteiger partial charge < -0.3 is 16.3 Å². The van der Waals surface area contributed by atoms with Gasteiger partial charge in [0.2, 0.25) is 5.91 Å². The van der Waals surface area contributed by atoms with Crippen molar-refractivity contribution in [1.29, 1.82) is 0 Å². The van der Waals surface area contributed by atoms with E-state index in [9.17, 15) is 4.79 Å². The van der Waals surface area contributed by atoms with Crippen molar-refractivity contribution in [2.45, 2.75) is 39.0 Å². The van der Waals surface area contributed by atoms with E-state index < -0.39 is 0 Å². The van der Waals surface area contributed by atoms with Gasteiger partial charge in [0, 0.05) is 12.5 Å². The molecule has 0 aromatic carbocycles. The topological polar surface area (TPSA) is 106 Å². The number of amidine groups is 1. The minimum Gasteiger partial charge on any atom is -0.409 e. The molecule has 1 heterocycles. The first kappa shape index (κ1) is 14.4. The van der Waals surface area contributed by atoms with E-state index in [-0.39, 0.29) is 17.2 Å². The van der Waals surface area contributed by atoms with Gasteiger partial charge in [-0.25, -0.2) is 0 Å². The third-order valence-corrected chi connectivity index (χ3v) is 4.06. The lowest BCUT2D eigenvalue weighted by Crippen LogP contribution is -2.36. The average Bonchev–Trinajstić information content (AvgIpc) is 2.80. The van der Waals surface area contributed by atoms with Crippen LogP contribution in [0.15, 0.2) is 11.4 Å². The molecule has 1 aliphatic carbocycles. The zero-order chi connectivity index (χ0) is 14.8. The van der Waals surface area contributed by atoms with E-state index in [2.05, 4.69) is 15.6 Å². The molecule has 1 aliphatic rings. The molecule has 1 saturated carbocycles. The molecule has 20 heavy (non-hydrogen) atoms. The number of carbonyl (C=O) groups excluding carboxylic acids is 1. The maximum atomic E-state index is 12.5. The molecule has 7 heteroatoms. The molecule has 110 valence electrons. The highest BCUT2D eigenvalue weighted by Gasteiger charge is 2.35. The number of hydrogen-bond acceptors (Lipinski definition) is 4. The molecular weight excluding hydrogens is 258 g/mol. The number of hydrogen-bond donors (Lipinski definition) is 3. The summed E-state index contributed by atoms with van der Waals surface area (Å²) < 4.78 is 1.51. The average molecular weight is 279 g/mol. The lowest BCUT2D eigenvalue weighted by atomic mass is 9.75. The Bertz CT molecular complexity index is 529. The molecule has 1 aromatic rings. The highest BCUT2D eigenvalue weighted by molar-refractivity contribution is 6.05. The number of rotatable bonds is 3. The summed E-state index contributed by atoms with van der Waals surface area (Å²) in [6, 6.07) is 0. The van der Waals surface area contributed by atoms with Crippen molar-refractivity contribution in [2.24, 2.45) is 23.4 Å². The van der Waals surface area contributed by atoms with Gasteiger partial charge in [0.15, 0.2) is 5.84 Å². The predicted molar refractivity (Wildman–Crippen MR) is 75.5 cm³/mol. The molecule has 0 aliphatic heterocycles. The Hall–Kier alpha value is -2.05. The van der Waals surface area contributed by atoms with Crippen molar-refractivity contribution < 1.29 is 10.0 Å². The Kier molecular flexibility index (Phi) is 3.96. The number of nitrogens with zero attached hydrogens (tertiary/aromatic N) is 3. The minimum absolute atomic E-state index is 0.0345. The first-order chi connectivity index (χ1) is 9.48. The van der Waals surface area contributed by atoms with E-state index >= 15 is 0 Å². The fourth-order valence-electron chi connectivity index (χ4n) is 2.64. The zero-order valence-electron chi connectivity index (χ0n) is 11.9. The summed E-state index contributed by atoms with van der Waals surface area (Å²) in [6.07, 6.45) is 6.56. The van der Waals surface area contributed by atoms with Gasteiger partial charge in [-0.05, 0) is 12.8 Å². The number of nitrogens with one attached hydrogen (secondary N) is 1. The van der Waals surface area contributed by atoms with Crippen LogP contribution in [0.2, 0.25) is 0 Å². The third-order valence-electron chi connectivity index (χ3n) is 4.06. The van der Waals surface area contributed by atoms with E-state index in [1.807, 2.05) is 6.92 Å². The molecule has 4 N–H and O–H groups in total. The van der Waals surface area contributed by atoms with Crippen molar-refractivity contribution in [1.82, 2.24) is 9.78 Å². The summed E-state index contributed by atoms with van der Waals surface area (Å²) in [5.74, 6) is 0.354. The van der Waals surface area contributed by atoms with Crippen molar-refractivity contribution in [2.75, 3.05) is 5.32 Å². The number of amides is 1. The Balaban J connectivity index is 2.21. The van der Waals surface area contributed by atoms with Crippen molar-refractivity contribution >= 4 is 17.6 Å². The van der Waals surface area contributed by atoms with Gasteiger partial charge in [-0.2, -0.15) is 5.10 Å². The summed E-state index contributed by atoms with van der Waals surface area (Å²) >= 11 is 0. The molecule has 2 rings (SSSR count). The second-order valence-electron chi connectivity index (χ2n) is 5.59. The smallest absolute Gasteiger partial charge is 0.231 e. The molecule has 1 amide bonds. The van der Waals surface area contributed by atoms with Gasteiger partial charge in [0.25, 0.3) is 0 Å². The second-order valence-corrected chi connectivity index (χ2v) is 5.59. The quantitative estimate of drug-likeness (QED) is 0.337. The molecule has 0 bridgehead atoms. The van der Waals surface area contributed by atoms with Crippen LogP contribution in [-0.2, 0) is 11.8 Å². The standard InChI is InChI=1S/C13H21N5O2/c1-13(6-4-3-5-7-13)12(19)16-11-9(10(14)17-20)8-15-18(11)2/h8,20H,3-7H2,1-2H3,(H2,14,17)(H,16,19). The fourth-order valence-corrected chi connectivity index (χ4v) is 2.64. The zero-order valence-corrected chi connectivity index (χ0v) is 11.9. The van der Waals surface area contributed by atoms with Crippen LogP contribution >= 0.6 is 0 Å². The van der Waals surface area contributed by atoms with Gasteiger partial charge in [0.05, 0.1) is 11.8 Å². The number of oxime groups is 1. The summed E-state index contributed by atoms with van der Waals surface area (Å²) in [4.78, 5) is 12.5. The molecule has 1 aromatic heterocycles.